The molecule has 0 aromatic rings. The van der Waals surface area contributed by atoms with E-state index in [1.165, 1.54) is 40.7 Å². The van der Waals surface area contributed by atoms with Crippen LogP contribution >= 0.6 is 0 Å². The van der Waals surface area contributed by atoms with Crippen LogP contribution in [0.25, 0.3) is 0 Å². The molecule has 0 saturated carbocycles. The minimum atomic E-state index is -0.0602. The topological polar surface area (TPSA) is 150 Å². The molecule has 12 nitrogen and oxygen atoms in total. The molecule has 4 rings (SSSR count). The Labute approximate surface area is 214 Å². The summed E-state index contributed by atoms with van der Waals surface area (Å²) in [6.07, 6.45) is 3.21. The fraction of sp³-hybridized carbons (Fsp3) is 0.652. The largest absolute Gasteiger partial charge is 0.286 e. The van der Waals surface area contributed by atoms with Crippen LogP contribution in [0.2, 0.25) is 0 Å². The highest BCUT2D eigenvalue weighted by Gasteiger charge is 2.27. The standard InChI is InChI=1S/C6H9NO2.3C5H7NO2.2CH4.B/c1-2-7-5(8)3-4-6(7)9;3*1-6-4(7)2-3-5(6)8;;;/h2-4H2,1H3;3*2-3H2,1H3;2*1H4;. The van der Waals surface area contributed by atoms with Gasteiger partial charge in [-0.05, 0) is 6.92 Å². The van der Waals surface area contributed by atoms with Crippen LogP contribution in [0.5, 0.6) is 0 Å². The lowest BCUT2D eigenvalue weighted by molar-refractivity contribution is -0.139. The van der Waals surface area contributed by atoms with Crippen LogP contribution in [0.4, 0.5) is 0 Å². The number of imide groups is 4. The number of carbonyl (C=O) groups is 8. The van der Waals surface area contributed by atoms with Crippen LogP contribution in [-0.4, -0.2) is 103 Å². The predicted molar refractivity (Wildman–Crippen MR) is 132 cm³/mol. The lowest BCUT2D eigenvalue weighted by atomic mass is 10.4. The molecule has 0 aromatic carbocycles. The van der Waals surface area contributed by atoms with Gasteiger partial charge in [0.2, 0.25) is 47.3 Å². The molecular weight excluding hydrogens is 471 g/mol. The minimum Gasteiger partial charge on any atom is -0.286 e. The van der Waals surface area contributed by atoms with Crippen molar-refractivity contribution in [2.24, 2.45) is 0 Å². The van der Waals surface area contributed by atoms with E-state index < -0.39 is 0 Å². The van der Waals surface area contributed by atoms with Gasteiger partial charge in [0.1, 0.15) is 0 Å². The van der Waals surface area contributed by atoms with E-state index in [1.54, 1.807) is 6.92 Å². The summed E-state index contributed by atoms with van der Waals surface area (Å²) in [5.74, 6) is -0.412. The smallest absolute Gasteiger partial charge is 0.229 e. The van der Waals surface area contributed by atoms with Gasteiger partial charge in [0.15, 0.2) is 0 Å². The van der Waals surface area contributed by atoms with Gasteiger partial charge in [0, 0.05) is 87.5 Å². The van der Waals surface area contributed by atoms with Crippen LogP contribution < -0.4 is 0 Å². The van der Waals surface area contributed by atoms with Crippen LogP contribution in [0.1, 0.15) is 73.1 Å². The first-order valence-electron chi connectivity index (χ1n) is 10.6. The van der Waals surface area contributed by atoms with E-state index in [2.05, 4.69) is 0 Å². The van der Waals surface area contributed by atoms with Gasteiger partial charge in [0.25, 0.3) is 0 Å². The fourth-order valence-corrected chi connectivity index (χ4v) is 3.04. The lowest BCUT2D eigenvalue weighted by Gasteiger charge is -2.08. The highest BCUT2D eigenvalue weighted by atomic mass is 16.2. The number of nitrogens with zero attached hydrogens (tertiary/aromatic N) is 4. The molecule has 0 atom stereocenters. The third-order valence-corrected chi connectivity index (χ3v) is 5.37. The Balaban J connectivity index is -0.000000393. The number of likely N-dealkylation sites (tertiary alicyclic amines) is 4. The first-order chi connectivity index (χ1) is 15.4. The maximum Gasteiger partial charge on any atom is 0.229 e. The Kier molecular flexibility index (Phi) is 17.7. The maximum absolute atomic E-state index is 10.7. The second kappa shape index (κ2) is 17.1. The van der Waals surface area contributed by atoms with E-state index in [-0.39, 0.29) is 70.5 Å². The third kappa shape index (κ3) is 10.5. The van der Waals surface area contributed by atoms with Crippen LogP contribution in [0.3, 0.4) is 0 Å². The van der Waals surface area contributed by atoms with Crippen molar-refractivity contribution < 1.29 is 38.4 Å². The molecule has 0 aromatic heterocycles. The van der Waals surface area contributed by atoms with Crippen molar-refractivity contribution in [1.82, 2.24) is 19.6 Å². The molecule has 3 radical (unpaired) electrons. The van der Waals surface area contributed by atoms with Gasteiger partial charge < -0.3 is 0 Å². The van der Waals surface area contributed by atoms with Crippen molar-refractivity contribution in [3.8, 4) is 0 Å². The molecule has 0 N–H and O–H groups in total. The van der Waals surface area contributed by atoms with Crippen molar-refractivity contribution in [2.75, 3.05) is 27.7 Å². The summed E-state index contributed by atoms with van der Waals surface area (Å²) in [6, 6.07) is 0. The van der Waals surface area contributed by atoms with Crippen LogP contribution in [0.15, 0.2) is 0 Å². The number of hydrogen-bond donors (Lipinski definition) is 0. The van der Waals surface area contributed by atoms with Gasteiger partial charge in [-0.3, -0.25) is 58.0 Å². The Morgan fingerprint density at radius 1 is 0.444 bits per heavy atom. The van der Waals surface area contributed by atoms with Gasteiger partial charge in [-0.15, -0.1) is 0 Å². The summed E-state index contributed by atoms with van der Waals surface area (Å²) in [6.45, 7) is 2.33. The zero-order valence-electron chi connectivity index (χ0n) is 20.0. The highest BCUT2D eigenvalue weighted by Crippen LogP contribution is 2.10. The number of hydrogen-bond acceptors (Lipinski definition) is 8. The maximum atomic E-state index is 10.7. The molecule has 0 spiro atoms. The summed E-state index contributed by atoms with van der Waals surface area (Å²) < 4.78 is 0. The van der Waals surface area contributed by atoms with Crippen LogP contribution in [0, 0.1) is 0 Å². The quantitative estimate of drug-likeness (QED) is 0.363. The van der Waals surface area contributed by atoms with E-state index >= 15 is 0 Å². The van der Waals surface area contributed by atoms with Gasteiger partial charge in [-0.25, -0.2) is 0 Å². The second-order valence-corrected chi connectivity index (χ2v) is 7.57. The Morgan fingerprint density at radius 3 is 0.694 bits per heavy atom. The molecule has 4 aliphatic heterocycles. The van der Waals surface area contributed by atoms with Crippen molar-refractivity contribution in [3.05, 3.63) is 0 Å². The fourth-order valence-electron chi connectivity index (χ4n) is 3.04. The van der Waals surface area contributed by atoms with E-state index in [0.717, 1.165) is 0 Å². The number of amides is 8. The molecule has 4 aliphatic rings. The van der Waals surface area contributed by atoms with Crippen molar-refractivity contribution >= 4 is 55.7 Å². The van der Waals surface area contributed by atoms with Crippen molar-refractivity contribution in [2.45, 2.75) is 73.1 Å². The Morgan fingerprint density at radius 2 is 0.611 bits per heavy atom. The van der Waals surface area contributed by atoms with Gasteiger partial charge in [-0.2, -0.15) is 0 Å². The molecule has 13 heteroatoms. The third-order valence-electron chi connectivity index (χ3n) is 5.37. The van der Waals surface area contributed by atoms with Gasteiger partial charge >= 0.3 is 0 Å². The molecule has 4 saturated heterocycles. The average Bonchev–Trinajstić information content (AvgIpc) is 3.47. The van der Waals surface area contributed by atoms with E-state index in [9.17, 15) is 38.4 Å². The van der Waals surface area contributed by atoms with Crippen molar-refractivity contribution in [3.63, 3.8) is 0 Å². The first kappa shape index (κ1) is 37.2. The summed E-state index contributed by atoms with van der Waals surface area (Å²) in [5, 5.41) is 0. The monoisotopic (exact) mass is 509 g/mol. The summed E-state index contributed by atoms with van der Waals surface area (Å²) >= 11 is 0. The van der Waals surface area contributed by atoms with E-state index in [1.807, 2.05) is 0 Å². The molecule has 36 heavy (non-hydrogen) atoms. The summed E-state index contributed by atoms with van der Waals surface area (Å²) in [5.41, 5.74) is 0. The zero-order chi connectivity index (χ0) is 25.3. The summed E-state index contributed by atoms with van der Waals surface area (Å²) in [4.78, 5) is 89.2. The SMILES string of the molecule is C.C.CCN1C(=O)CCC1=O.CN1C(=O)CCC1=O.CN1C(=O)CCC1=O.CN1C(=O)CCC1=O.[B]. The van der Waals surface area contributed by atoms with E-state index in [4.69, 9.17) is 0 Å². The molecule has 4 fully saturated rings. The second-order valence-electron chi connectivity index (χ2n) is 7.57. The molecule has 8 amide bonds. The van der Waals surface area contributed by atoms with Gasteiger partial charge in [0.05, 0.1) is 0 Å². The Bertz CT molecular complexity index is 716. The number of rotatable bonds is 1. The lowest BCUT2D eigenvalue weighted by Crippen LogP contribution is -2.28. The number of carbonyl (C=O) groups excluding carboxylic acids is 8. The van der Waals surface area contributed by atoms with Gasteiger partial charge in [-0.1, -0.05) is 14.9 Å². The average molecular weight is 509 g/mol. The molecule has 0 unspecified atom stereocenters. The molecule has 4 heterocycles. The minimum absolute atomic E-state index is 0. The molecular formula is C23H38BN4O8. The normalized spacial score (nSPS) is 18.4. The molecule has 201 valence electrons. The van der Waals surface area contributed by atoms with Crippen LogP contribution in [-0.2, 0) is 38.4 Å². The molecule has 0 bridgehead atoms. The highest BCUT2D eigenvalue weighted by molar-refractivity contribution is 6.03. The first-order valence-corrected chi connectivity index (χ1v) is 10.6. The van der Waals surface area contributed by atoms with Crippen molar-refractivity contribution in [1.29, 1.82) is 0 Å². The van der Waals surface area contributed by atoms with E-state index in [0.29, 0.717) is 57.9 Å². The predicted octanol–water partition coefficient (Wildman–Crippen LogP) is 0.342. The zero-order valence-corrected chi connectivity index (χ0v) is 20.0. The Hall–Kier alpha value is -3.38. The molecule has 0 aliphatic carbocycles. The summed E-state index contributed by atoms with van der Waals surface area (Å²) in [7, 11) is 4.53.